The van der Waals surface area contributed by atoms with Gasteiger partial charge in [-0.1, -0.05) is 0 Å². The zero-order valence-corrected chi connectivity index (χ0v) is 8.75. The lowest BCUT2D eigenvalue weighted by atomic mass is 10.6. The minimum absolute atomic E-state index is 0.0751. The number of halogens is 1. The molecule has 0 saturated heterocycles. The molecular formula is C7H12ClN5O2. The molecule has 7 nitrogen and oxygen atoms in total. The largest absolute Gasteiger partial charge is 0.395 e. The van der Waals surface area contributed by atoms with Gasteiger partial charge >= 0.3 is 0 Å². The lowest BCUT2D eigenvalue weighted by Crippen LogP contribution is -2.41. The van der Waals surface area contributed by atoms with Gasteiger partial charge in [0, 0.05) is 24.9 Å². The molecule has 0 unspecified atom stereocenters. The van der Waals surface area contributed by atoms with Gasteiger partial charge in [0.2, 0.25) is 0 Å². The van der Waals surface area contributed by atoms with Crippen molar-refractivity contribution in [2.45, 2.75) is 0 Å². The molecule has 1 rings (SSSR count). The predicted octanol–water partition coefficient (Wildman–Crippen LogP) is -0.967. The van der Waals surface area contributed by atoms with E-state index in [1.807, 2.05) is 0 Å². The van der Waals surface area contributed by atoms with E-state index in [9.17, 15) is 0 Å². The monoisotopic (exact) mass is 233 g/mol. The summed E-state index contributed by atoms with van der Waals surface area (Å²) in [5.74, 6) is 0.244. The van der Waals surface area contributed by atoms with Crippen LogP contribution in [0.15, 0.2) is 12.7 Å². The first-order valence-corrected chi connectivity index (χ1v) is 4.68. The molecule has 0 saturated carbocycles. The van der Waals surface area contributed by atoms with Crippen LogP contribution >= 0.6 is 11.8 Å². The summed E-state index contributed by atoms with van der Waals surface area (Å²) < 4.78 is 1.15. The van der Waals surface area contributed by atoms with E-state index in [0.29, 0.717) is 0 Å². The Kier molecular flexibility index (Phi) is 5.19. The third kappa shape index (κ3) is 3.56. The number of aliphatic hydroxyl groups excluding tert-OH is 2. The van der Waals surface area contributed by atoms with Crippen molar-refractivity contribution in [3.63, 3.8) is 0 Å². The molecule has 84 valence electrons. The van der Waals surface area contributed by atoms with Crippen LogP contribution in [-0.2, 0) is 0 Å². The Bertz CT molecular complexity index is 269. The number of aliphatic hydroxyl groups is 2. The van der Waals surface area contributed by atoms with Crippen molar-refractivity contribution in [1.82, 2.24) is 20.0 Å². The fourth-order valence-corrected chi connectivity index (χ4v) is 1.21. The Labute approximate surface area is 92.0 Å². The van der Waals surface area contributed by atoms with Crippen LogP contribution in [0.1, 0.15) is 0 Å². The average Bonchev–Trinajstić information content (AvgIpc) is 2.29. The molecule has 0 aliphatic rings. The van der Waals surface area contributed by atoms with Gasteiger partial charge in [-0.3, -0.25) is 0 Å². The van der Waals surface area contributed by atoms with Gasteiger partial charge in [0.05, 0.1) is 13.2 Å². The molecule has 0 atom stereocenters. The standard InChI is InChI=1S/C7H12ClN5O2/c8-13(7-10-5-9-6-11-7)12(1-3-14)2-4-15/h5-6,14-15H,1-4H2. The Morgan fingerprint density at radius 2 is 1.67 bits per heavy atom. The van der Waals surface area contributed by atoms with E-state index < -0.39 is 0 Å². The van der Waals surface area contributed by atoms with E-state index in [1.165, 1.54) is 17.7 Å². The Hall–Kier alpha value is -1.02. The van der Waals surface area contributed by atoms with Crippen LogP contribution in [0.5, 0.6) is 0 Å². The first-order valence-electron chi connectivity index (χ1n) is 4.34. The van der Waals surface area contributed by atoms with Gasteiger partial charge in [-0.2, -0.15) is 19.5 Å². The Balaban J connectivity index is 2.67. The van der Waals surface area contributed by atoms with Gasteiger partial charge < -0.3 is 10.2 Å². The lowest BCUT2D eigenvalue weighted by molar-refractivity contribution is 0.166. The summed E-state index contributed by atoms with van der Waals surface area (Å²) in [6.07, 6.45) is 2.63. The van der Waals surface area contributed by atoms with Crippen molar-refractivity contribution in [3.8, 4) is 0 Å². The zero-order chi connectivity index (χ0) is 11.1. The highest BCUT2D eigenvalue weighted by atomic mass is 35.5. The molecule has 0 aliphatic carbocycles. The molecule has 0 bridgehead atoms. The SMILES string of the molecule is OCCN(CCO)N(Cl)c1ncncn1. The minimum atomic E-state index is -0.0751. The fraction of sp³-hybridized carbons (Fsp3) is 0.571. The van der Waals surface area contributed by atoms with Crippen LogP contribution < -0.4 is 4.53 Å². The average molecular weight is 234 g/mol. The highest BCUT2D eigenvalue weighted by molar-refractivity contribution is 6.24. The third-order valence-corrected chi connectivity index (χ3v) is 1.97. The topological polar surface area (TPSA) is 85.6 Å². The van der Waals surface area contributed by atoms with Gasteiger partial charge in [-0.25, -0.2) is 4.98 Å². The summed E-state index contributed by atoms with van der Waals surface area (Å²) in [7, 11) is 0. The number of anilines is 1. The van der Waals surface area contributed by atoms with E-state index in [0.717, 1.165) is 4.53 Å². The Morgan fingerprint density at radius 3 is 2.13 bits per heavy atom. The molecule has 1 heterocycles. The molecule has 2 N–H and O–H groups in total. The maximum Gasteiger partial charge on any atom is 0.258 e. The van der Waals surface area contributed by atoms with Crippen molar-refractivity contribution in [1.29, 1.82) is 0 Å². The van der Waals surface area contributed by atoms with Crippen LogP contribution in [0, 0.1) is 0 Å². The van der Waals surface area contributed by atoms with E-state index in [4.69, 9.17) is 22.0 Å². The Morgan fingerprint density at radius 1 is 1.13 bits per heavy atom. The summed E-state index contributed by atoms with van der Waals surface area (Å²) in [5, 5.41) is 19.1. The highest BCUT2D eigenvalue weighted by Crippen LogP contribution is 2.10. The maximum absolute atomic E-state index is 8.80. The molecule has 0 radical (unpaired) electrons. The van der Waals surface area contributed by atoms with Crippen molar-refractivity contribution in [2.24, 2.45) is 0 Å². The lowest BCUT2D eigenvalue weighted by Gasteiger charge is -2.27. The number of hydrogen-bond acceptors (Lipinski definition) is 7. The zero-order valence-electron chi connectivity index (χ0n) is 7.99. The van der Waals surface area contributed by atoms with E-state index >= 15 is 0 Å². The summed E-state index contributed by atoms with van der Waals surface area (Å²) in [6, 6.07) is 0. The van der Waals surface area contributed by atoms with Gasteiger partial charge in [0.25, 0.3) is 5.95 Å². The molecule has 1 aromatic rings. The molecular weight excluding hydrogens is 222 g/mol. The number of hydrazine groups is 1. The van der Waals surface area contributed by atoms with Crippen molar-refractivity contribution in [3.05, 3.63) is 12.7 Å². The molecule has 0 aliphatic heterocycles. The third-order valence-electron chi connectivity index (χ3n) is 1.61. The fourth-order valence-electron chi connectivity index (χ4n) is 0.973. The number of rotatable bonds is 6. The molecule has 0 aromatic carbocycles. The van der Waals surface area contributed by atoms with Gasteiger partial charge in [0.15, 0.2) is 0 Å². The summed E-state index contributed by atoms with van der Waals surface area (Å²) in [5.41, 5.74) is 0. The predicted molar refractivity (Wildman–Crippen MR) is 53.9 cm³/mol. The smallest absolute Gasteiger partial charge is 0.258 e. The van der Waals surface area contributed by atoms with Crippen molar-refractivity contribution in [2.75, 3.05) is 30.8 Å². The summed E-state index contributed by atoms with van der Waals surface area (Å²) in [4.78, 5) is 11.3. The molecule has 0 spiro atoms. The second kappa shape index (κ2) is 6.46. The van der Waals surface area contributed by atoms with E-state index in [1.54, 1.807) is 0 Å². The first kappa shape index (κ1) is 12.1. The highest BCUT2D eigenvalue weighted by Gasteiger charge is 2.15. The second-order valence-corrected chi connectivity index (χ2v) is 2.92. The van der Waals surface area contributed by atoms with Crippen LogP contribution in [0.2, 0.25) is 0 Å². The van der Waals surface area contributed by atoms with Crippen LogP contribution in [0.4, 0.5) is 5.95 Å². The van der Waals surface area contributed by atoms with Crippen LogP contribution in [0.25, 0.3) is 0 Å². The van der Waals surface area contributed by atoms with Gasteiger partial charge in [0.1, 0.15) is 12.7 Å². The normalized spacial score (nSPS) is 10.7. The molecule has 0 amide bonds. The van der Waals surface area contributed by atoms with Gasteiger partial charge in [-0.15, -0.1) is 0 Å². The van der Waals surface area contributed by atoms with Crippen LogP contribution in [-0.4, -0.2) is 56.5 Å². The quantitative estimate of drug-likeness (QED) is 0.483. The molecule has 15 heavy (non-hydrogen) atoms. The minimum Gasteiger partial charge on any atom is -0.395 e. The second-order valence-electron chi connectivity index (χ2n) is 2.60. The summed E-state index contributed by atoms with van der Waals surface area (Å²) >= 11 is 5.91. The van der Waals surface area contributed by atoms with E-state index in [2.05, 4.69) is 15.0 Å². The number of aromatic nitrogens is 3. The first-order chi connectivity index (χ1) is 7.29. The van der Waals surface area contributed by atoms with E-state index in [-0.39, 0.29) is 32.3 Å². The molecule has 1 aromatic heterocycles. The number of hydrogen-bond donors (Lipinski definition) is 2. The van der Waals surface area contributed by atoms with Crippen molar-refractivity contribution < 1.29 is 10.2 Å². The number of nitrogens with zero attached hydrogens (tertiary/aromatic N) is 5. The summed E-state index contributed by atoms with van der Waals surface area (Å²) in [6.45, 7) is 0.425. The molecule has 8 heteroatoms. The van der Waals surface area contributed by atoms with Crippen LogP contribution in [0.3, 0.4) is 0 Å². The van der Waals surface area contributed by atoms with Gasteiger partial charge in [-0.05, 0) is 0 Å². The maximum atomic E-state index is 8.80. The molecule has 0 fully saturated rings. The van der Waals surface area contributed by atoms with Crippen molar-refractivity contribution >= 4 is 17.7 Å².